The summed E-state index contributed by atoms with van der Waals surface area (Å²) in [6.07, 6.45) is 1.63. The zero-order chi connectivity index (χ0) is 21.8. The second-order valence-electron chi connectivity index (χ2n) is 7.02. The van der Waals surface area contributed by atoms with Crippen molar-refractivity contribution in [2.45, 2.75) is 6.61 Å². The van der Waals surface area contributed by atoms with Crippen LogP contribution in [0.3, 0.4) is 0 Å². The van der Waals surface area contributed by atoms with Crippen molar-refractivity contribution < 1.29 is 24.2 Å². The number of amides is 2. The Kier molecular flexibility index (Phi) is 5.62. The summed E-state index contributed by atoms with van der Waals surface area (Å²) in [5.41, 5.74) is 2.68. The van der Waals surface area contributed by atoms with E-state index < -0.39 is 24.3 Å². The third-order valence-corrected chi connectivity index (χ3v) is 4.87. The van der Waals surface area contributed by atoms with Crippen molar-refractivity contribution in [3.05, 3.63) is 101 Å². The maximum absolute atomic E-state index is 12.9. The molecular weight excluding hydrogens is 394 g/mol. The highest BCUT2D eigenvalue weighted by Crippen LogP contribution is 2.30. The van der Waals surface area contributed by atoms with E-state index in [0.29, 0.717) is 28.4 Å². The molecule has 3 aromatic rings. The SMILES string of the molecule is O=C([O-])CN1C(=O)/C(=C\c2cccc(OCc3ccccc3)c2)c2ccccc2C1=O. The van der Waals surface area contributed by atoms with Crippen LogP contribution in [0.15, 0.2) is 78.9 Å². The number of carbonyl (C=O) groups is 3. The van der Waals surface area contributed by atoms with Crippen LogP contribution in [0.25, 0.3) is 11.6 Å². The Hall–Kier alpha value is -4.19. The van der Waals surface area contributed by atoms with Crippen LogP contribution in [0.1, 0.15) is 27.0 Å². The van der Waals surface area contributed by atoms with Gasteiger partial charge in [-0.1, -0.05) is 60.7 Å². The number of aliphatic carboxylic acids is 1. The molecule has 0 bridgehead atoms. The molecule has 3 aromatic carbocycles. The van der Waals surface area contributed by atoms with Crippen LogP contribution < -0.4 is 9.84 Å². The number of benzene rings is 3. The van der Waals surface area contributed by atoms with E-state index in [1.165, 1.54) is 0 Å². The van der Waals surface area contributed by atoms with Gasteiger partial charge >= 0.3 is 0 Å². The van der Waals surface area contributed by atoms with Gasteiger partial charge in [-0.3, -0.25) is 14.5 Å². The van der Waals surface area contributed by atoms with E-state index in [1.807, 2.05) is 36.4 Å². The number of carbonyl (C=O) groups excluding carboxylic acids is 3. The van der Waals surface area contributed by atoms with Gasteiger partial charge in [0.15, 0.2) is 0 Å². The van der Waals surface area contributed by atoms with E-state index in [4.69, 9.17) is 4.74 Å². The zero-order valence-electron chi connectivity index (χ0n) is 16.5. The van der Waals surface area contributed by atoms with Crippen molar-refractivity contribution in [1.82, 2.24) is 4.90 Å². The Morgan fingerprint density at radius 1 is 0.871 bits per heavy atom. The Morgan fingerprint density at radius 2 is 1.58 bits per heavy atom. The molecule has 0 saturated carbocycles. The molecule has 31 heavy (non-hydrogen) atoms. The van der Waals surface area contributed by atoms with Crippen molar-refractivity contribution in [3.63, 3.8) is 0 Å². The highest BCUT2D eigenvalue weighted by Gasteiger charge is 2.34. The molecule has 1 aliphatic rings. The number of hydrogen-bond donors (Lipinski definition) is 0. The Balaban J connectivity index is 1.66. The van der Waals surface area contributed by atoms with Gasteiger partial charge < -0.3 is 14.6 Å². The predicted molar refractivity (Wildman–Crippen MR) is 113 cm³/mol. The topological polar surface area (TPSA) is 86.7 Å². The predicted octanol–water partition coefficient (Wildman–Crippen LogP) is 2.54. The van der Waals surface area contributed by atoms with Gasteiger partial charge in [-0.15, -0.1) is 0 Å². The van der Waals surface area contributed by atoms with Gasteiger partial charge in [-0.2, -0.15) is 0 Å². The molecule has 6 heteroatoms. The molecule has 0 spiro atoms. The first-order valence-corrected chi connectivity index (χ1v) is 9.67. The molecule has 4 rings (SSSR count). The molecule has 154 valence electrons. The van der Waals surface area contributed by atoms with Gasteiger partial charge in [0.2, 0.25) is 0 Å². The molecule has 0 aliphatic carbocycles. The van der Waals surface area contributed by atoms with Crippen LogP contribution in [0, 0.1) is 0 Å². The van der Waals surface area contributed by atoms with Gasteiger partial charge in [-0.05, 0) is 41.0 Å². The smallest absolute Gasteiger partial charge is 0.261 e. The van der Waals surface area contributed by atoms with Crippen molar-refractivity contribution >= 4 is 29.4 Å². The fraction of sp³-hybridized carbons (Fsp3) is 0.0800. The monoisotopic (exact) mass is 412 g/mol. The summed E-state index contributed by atoms with van der Waals surface area (Å²) < 4.78 is 5.84. The zero-order valence-corrected chi connectivity index (χ0v) is 16.5. The molecule has 6 nitrogen and oxygen atoms in total. The Labute approximate surface area is 179 Å². The van der Waals surface area contributed by atoms with Crippen LogP contribution in [-0.2, 0) is 16.2 Å². The van der Waals surface area contributed by atoms with Crippen LogP contribution >= 0.6 is 0 Å². The first-order valence-electron chi connectivity index (χ1n) is 9.67. The molecular formula is C25H18NO5-. The second kappa shape index (κ2) is 8.67. The lowest BCUT2D eigenvalue weighted by Gasteiger charge is -2.28. The summed E-state index contributed by atoms with van der Waals surface area (Å²) in [7, 11) is 0. The number of fused-ring (bicyclic) bond motifs is 1. The third kappa shape index (κ3) is 4.38. The summed E-state index contributed by atoms with van der Waals surface area (Å²) in [4.78, 5) is 37.3. The van der Waals surface area contributed by atoms with Crippen LogP contribution in [0.2, 0.25) is 0 Å². The van der Waals surface area contributed by atoms with Crippen molar-refractivity contribution in [2.75, 3.05) is 6.54 Å². The lowest BCUT2D eigenvalue weighted by Crippen LogP contribution is -2.47. The largest absolute Gasteiger partial charge is 0.548 e. The van der Waals surface area contributed by atoms with Crippen molar-refractivity contribution in [1.29, 1.82) is 0 Å². The molecule has 1 aliphatic heterocycles. The maximum Gasteiger partial charge on any atom is 0.261 e. The Bertz CT molecular complexity index is 1180. The van der Waals surface area contributed by atoms with E-state index in [2.05, 4.69) is 0 Å². The van der Waals surface area contributed by atoms with Crippen LogP contribution in [-0.4, -0.2) is 29.2 Å². The van der Waals surface area contributed by atoms with Gasteiger partial charge in [0.05, 0.1) is 12.5 Å². The molecule has 0 aromatic heterocycles. The average Bonchev–Trinajstić information content (AvgIpc) is 2.79. The minimum Gasteiger partial charge on any atom is -0.548 e. The lowest BCUT2D eigenvalue weighted by molar-refractivity contribution is -0.305. The highest BCUT2D eigenvalue weighted by molar-refractivity contribution is 6.34. The first kappa shape index (κ1) is 20.1. The molecule has 0 N–H and O–H groups in total. The summed E-state index contributed by atoms with van der Waals surface area (Å²) in [5, 5.41) is 11.1. The number of carboxylic acid groups (broad SMARTS) is 1. The molecule has 0 atom stereocenters. The van der Waals surface area contributed by atoms with Crippen molar-refractivity contribution in [2.24, 2.45) is 0 Å². The van der Waals surface area contributed by atoms with E-state index in [1.54, 1.807) is 48.5 Å². The number of ether oxygens (including phenoxy) is 1. The van der Waals surface area contributed by atoms with E-state index in [-0.39, 0.29) is 11.1 Å². The number of rotatable bonds is 6. The van der Waals surface area contributed by atoms with Gasteiger partial charge in [0, 0.05) is 11.1 Å². The standard InChI is InChI=1S/C25H19NO5/c27-23(28)15-26-24(29)21-12-5-4-11-20(21)22(25(26)30)14-18-9-6-10-19(13-18)31-16-17-7-2-1-3-8-17/h1-14H,15-16H2,(H,27,28)/p-1/b22-14-. The summed E-state index contributed by atoms with van der Waals surface area (Å²) in [6.45, 7) is -0.403. The molecule has 0 saturated heterocycles. The minimum atomic E-state index is -1.50. The fourth-order valence-electron chi connectivity index (χ4n) is 3.42. The van der Waals surface area contributed by atoms with Gasteiger partial charge in [0.25, 0.3) is 11.8 Å². The summed E-state index contributed by atoms with van der Waals surface area (Å²) in [5.74, 6) is -2.21. The number of nitrogens with zero attached hydrogens (tertiary/aromatic N) is 1. The molecule has 0 unspecified atom stereocenters. The van der Waals surface area contributed by atoms with E-state index >= 15 is 0 Å². The highest BCUT2D eigenvalue weighted by atomic mass is 16.5. The number of hydrogen-bond acceptors (Lipinski definition) is 5. The summed E-state index contributed by atoms with van der Waals surface area (Å²) >= 11 is 0. The van der Waals surface area contributed by atoms with E-state index in [0.717, 1.165) is 5.56 Å². The number of carboxylic acids is 1. The minimum absolute atomic E-state index is 0.233. The molecule has 0 fully saturated rings. The van der Waals surface area contributed by atoms with Crippen LogP contribution in [0.5, 0.6) is 5.75 Å². The van der Waals surface area contributed by atoms with Crippen LogP contribution in [0.4, 0.5) is 0 Å². The van der Waals surface area contributed by atoms with Crippen molar-refractivity contribution in [3.8, 4) is 5.75 Å². The van der Waals surface area contributed by atoms with Gasteiger partial charge in [-0.25, -0.2) is 0 Å². The second-order valence-corrected chi connectivity index (χ2v) is 7.02. The normalized spacial score (nSPS) is 14.5. The third-order valence-electron chi connectivity index (χ3n) is 4.87. The summed E-state index contributed by atoms with van der Waals surface area (Å²) in [6, 6.07) is 23.6. The molecule has 1 heterocycles. The van der Waals surface area contributed by atoms with Gasteiger partial charge in [0.1, 0.15) is 12.4 Å². The quantitative estimate of drug-likeness (QED) is 0.459. The fourth-order valence-corrected chi connectivity index (χ4v) is 3.42. The number of imide groups is 1. The Morgan fingerprint density at radius 3 is 2.32 bits per heavy atom. The first-order chi connectivity index (χ1) is 15.0. The molecule has 0 radical (unpaired) electrons. The molecule has 2 amide bonds. The average molecular weight is 412 g/mol. The van der Waals surface area contributed by atoms with E-state index in [9.17, 15) is 19.5 Å². The maximum atomic E-state index is 12.9. The lowest BCUT2D eigenvalue weighted by atomic mass is 9.92.